The molecule has 1 heterocycles. The number of para-hydroxylation sites is 1. The summed E-state index contributed by atoms with van der Waals surface area (Å²) in [6.07, 6.45) is 0. The van der Waals surface area contributed by atoms with Crippen molar-refractivity contribution in [3.05, 3.63) is 88.9 Å². The number of aryl methyl sites for hydroxylation is 1. The van der Waals surface area contributed by atoms with Gasteiger partial charge in [-0.3, -0.25) is 4.57 Å². The Balaban J connectivity index is 1.77. The summed E-state index contributed by atoms with van der Waals surface area (Å²) in [7, 11) is 1.67. The normalized spacial score (nSPS) is 10.9. The van der Waals surface area contributed by atoms with Crippen molar-refractivity contribution in [2.45, 2.75) is 17.8 Å². The van der Waals surface area contributed by atoms with Gasteiger partial charge >= 0.3 is 0 Å². The largest absolute Gasteiger partial charge is 0.496 e. The fourth-order valence-corrected chi connectivity index (χ4v) is 4.18. The molecule has 0 aliphatic heterocycles. The summed E-state index contributed by atoms with van der Waals surface area (Å²) >= 11 is 7.76. The third-order valence-electron chi connectivity index (χ3n) is 4.53. The molecule has 146 valence electrons. The number of thioether (sulfide) groups is 1. The highest BCUT2D eigenvalue weighted by Crippen LogP contribution is 2.34. The number of rotatable bonds is 6. The van der Waals surface area contributed by atoms with Gasteiger partial charge in [-0.2, -0.15) is 0 Å². The predicted molar refractivity (Wildman–Crippen MR) is 119 cm³/mol. The topological polar surface area (TPSA) is 39.9 Å². The van der Waals surface area contributed by atoms with Gasteiger partial charge in [-0.05, 0) is 48.9 Å². The first-order valence-electron chi connectivity index (χ1n) is 9.19. The number of hydrogen-bond donors (Lipinski definition) is 0. The van der Waals surface area contributed by atoms with Gasteiger partial charge in [-0.25, -0.2) is 0 Å². The zero-order chi connectivity index (χ0) is 20.2. The highest BCUT2D eigenvalue weighted by Gasteiger charge is 2.19. The molecule has 0 radical (unpaired) electrons. The van der Waals surface area contributed by atoms with Crippen molar-refractivity contribution < 1.29 is 4.74 Å². The Morgan fingerprint density at radius 1 is 0.966 bits per heavy atom. The Hall–Kier alpha value is -2.76. The molecule has 0 saturated heterocycles. The minimum Gasteiger partial charge on any atom is -0.496 e. The van der Waals surface area contributed by atoms with Crippen LogP contribution >= 0.6 is 23.4 Å². The number of benzene rings is 3. The van der Waals surface area contributed by atoms with Gasteiger partial charge < -0.3 is 4.74 Å². The molecule has 1 aromatic heterocycles. The zero-order valence-corrected chi connectivity index (χ0v) is 17.7. The Morgan fingerprint density at radius 2 is 1.76 bits per heavy atom. The van der Waals surface area contributed by atoms with E-state index >= 15 is 0 Å². The van der Waals surface area contributed by atoms with E-state index in [4.69, 9.17) is 16.3 Å². The molecular weight excluding hydrogens is 402 g/mol. The number of aromatic nitrogens is 3. The molecular formula is C23H20ClN3OS. The summed E-state index contributed by atoms with van der Waals surface area (Å²) in [5.74, 6) is 2.26. The van der Waals surface area contributed by atoms with Gasteiger partial charge in [0.25, 0.3) is 0 Å². The number of ether oxygens (including phenoxy) is 1. The van der Waals surface area contributed by atoms with E-state index in [9.17, 15) is 0 Å². The van der Waals surface area contributed by atoms with Crippen LogP contribution in [0.1, 0.15) is 11.1 Å². The fraction of sp³-hybridized carbons (Fsp3) is 0.130. The maximum absolute atomic E-state index is 6.13. The first-order chi connectivity index (χ1) is 14.2. The molecule has 0 N–H and O–H groups in total. The summed E-state index contributed by atoms with van der Waals surface area (Å²) in [4.78, 5) is 0. The highest BCUT2D eigenvalue weighted by molar-refractivity contribution is 7.98. The Bertz CT molecular complexity index is 1130. The molecule has 3 aromatic carbocycles. The maximum atomic E-state index is 6.13. The molecule has 0 spiro atoms. The Morgan fingerprint density at radius 3 is 2.52 bits per heavy atom. The molecule has 4 aromatic rings. The summed E-state index contributed by atoms with van der Waals surface area (Å²) < 4.78 is 7.63. The van der Waals surface area contributed by atoms with Gasteiger partial charge in [0, 0.05) is 16.5 Å². The first-order valence-corrected chi connectivity index (χ1v) is 10.5. The smallest absolute Gasteiger partial charge is 0.196 e. The van der Waals surface area contributed by atoms with E-state index in [1.165, 1.54) is 5.56 Å². The fourth-order valence-electron chi connectivity index (χ4n) is 3.07. The van der Waals surface area contributed by atoms with Gasteiger partial charge in [-0.1, -0.05) is 65.3 Å². The third-order valence-corrected chi connectivity index (χ3v) is 5.77. The predicted octanol–water partition coefficient (Wildman–Crippen LogP) is 6.20. The maximum Gasteiger partial charge on any atom is 0.196 e. The van der Waals surface area contributed by atoms with Crippen molar-refractivity contribution in [1.82, 2.24) is 14.8 Å². The van der Waals surface area contributed by atoms with Crippen LogP contribution in [-0.4, -0.2) is 21.9 Å². The van der Waals surface area contributed by atoms with Crippen molar-refractivity contribution in [3.63, 3.8) is 0 Å². The van der Waals surface area contributed by atoms with Crippen LogP contribution in [0.15, 0.2) is 78.0 Å². The first kappa shape index (κ1) is 19.6. The number of methoxy groups -OCH3 is 1. The van der Waals surface area contributed by atoms with Crippen LogP contribution in [0, 0.1) is 6.92 Å². The Labute approximate surface area is 179 Å². The molecule has 29 heavy (non-hydrogen) atoms. The molecule has 4 rings (SSSR count). The molecule has 0 bridgehead atoms. The van der Waals surface area contributed by atoms with Gasteiger partial charge in [-0.15, -0.1) is 10.2 Å². The van der Waals surface area contributed by atoms with Crippen LogP contribution in [0.2, 0.25) is 5.02 Å². The SMILES string of the molecule is COc1ccccc1-c1nnc(SCc2cccc(Cl)c2)n1-c1ccc(C)cc1. The third kappa shape index (κ3) is 4.31. The van der Waals surface area contributed by atoms with Gasteiger partial charge in [0.15, 0.2) is 11.0 Å². The van der Waals surface area contributed by atoms with Crippen LogP contribution in [0.25, 0.3) is 17.1 Å². The van der Waals surface area contributed by atoms with Crippen LogP contribution in [0.5, 0.6) is 5.75 Å². The van der Waals surface area contributed by atoms with Crippen LogP contribution in [-0.2, 0) is 5.75 Å². The lowest BCUT2D eigenvalue weighted by atomic mass is 10.1. The summed E-state index contributed by atoms with van der Waals surface area (Å²) in [5, 5.41) is 10.5. The average molecular weight is 422 g/mol. The lowest BCUT2D eigenvalue weighted by Crippen LogP contribution is -2.01. The standard InChI is InChI=1S/C23H20ClN3OS/c1-16-10-12-19(13-11-16)27-22(20-8-3-4-9-21(20)28-2)25-26-23(27)29-15-17-6-5-7-18(24)14-17/h3-14H,15H2,1-2H3. The highest BCUT2D eigenvalue weighted by atomic mass is 35.5. The van der Waals surface area contributed by atoms with Crippen molar-refractivity contribution in [2.75, 3.05) is 7.11 Å². The van der Waals surface area contributed by atoms with E-state index in [1.807, 2.05) is 42.5 Å². The van der Waals surface area contributed by atoms with E-state index in [-0.39, 0.29) is 0 Å². The average Bonchev–Trinajstić information content (AvgIpc) is 3.16. The number of halogens is 1. The molecule has 0 atom stereocenters. The van der Waals surface area contributed by atoms with E-state index in [1.54, 1.807) is 18.9 Å². The zero-order valence-electron chi connectivity index (χ0n) is 16.2. The second kappa shape index (κ2) is 8.72. The second-order valence-corrected chi connectivity index (χ2v) is 7.97. The van der Waals surface area contributed by atoms with Crippen LogP contribution in [0.4, 0.5) is 0 Å². The van der Waals surface area contributed by atoms with Gasteiger partial charge in [0.2, 0.25) is 0 Å². The summed E-state index contributed by atoms with van der Waals surface area (Å²) in [6.45, 7) is 2.08. The molecule has 0 amide bonds. The monoisotopic (exact) mass is 421 g/mol. The minimum absolute atomic E-state index is 0.734. The van der Waals surface area contributed by atoms with E-state index in [0.29, 0.717) is 0 Å². The molecule has 0 aliphatic carbocycles. The quantitative estimate of drug-likeness (QED) is 0.347. The molecule has 4 nitrogen and oxygen atoms in total. The van der Waals surface area contributed by atoms with Gasteiger partial charge in [0.05, 0.1) is 12.7 Å². The summed E-state index contributed by atoms with van der Waals surface area (Å²) in [6, 6.07) is 24.1. The minimum atomic E-state index is 0.734. The van der Waals surface area contributed by atoms with Crippen LogP contribution < -0.4 is 4.74 Å². The van der Waals surface area contributed by atoms with E-state index < -0.39 is 0 Å². The van der Waals surface area contributed by atoms with Crippen molar-refractivity contribution in [1.29, 1.82) is 0 Å². The molecule has 0 fully saturated rings. The van der Waals surface area contributed by atoms with Gasteiger partial charge in [0.1, 0.15) is 5.75 Å². The molecule has 0 saturated carbocycles. The van der Waals surface area contributed by atoms with Crippen LogP contribution in [0.3, 0.4) is 0 Å². The summed E-state index contributed by atoms with van der Waals surface area (Å²) in [5.41, 5.74) is 4.25. The Kier molecular flexibility index (Phi) is 5.88. The lowest BCUT2D eigenvalue weighted by Gasteiger charge is -2.13. The number of hydrogen-bond acceptors (Lipinski definition) is 4. The lowest BCUT2D eigenvalue weighted by molar-refractivity contribution is 0.416. The van der Waals surface area contributed by atoms with E-state index in [2.05, 4.69) is 52.0 Å². The molecule has 0 unspecified atom stereocenters. The number of nitrogens with zero attached hydrogens (tertiary/aromatic N) is 3. The van der Waals surface area contributed by atoms with Crippen molar-refractivity contribution >= 4 is 23.4 Å². The van der Waals surface area contributed by atoms with Crippen molar-refractivity contribution in [2.24, 2.45) is 0 Å². The second-order valence-electron chi connectivity index (χ2n) is 6.60. The molecule has 0 aliphatic rings. The van der Waals surface area contributed by atoms with E-state index in [0.717, 1.165) is 44.3 Å². The van der Waals surface area contributed by atoms with Crippen molar-refractivity contribution in [3.8, 4) is 22.8 Å². The molecule has 6 heteroatoms.